The van der Waals surface area contributed by atoms with Gasteiger partial charge in [-0.05, 0) is 24.5 Å². The molecule has 2 N–H and O–H groups in total. The molecule has 0 aliphatic carbocycles. The monoisotopic (exact) mass is 428 g/mol. The molecule has 1 aliphatic rings. The van der Waals surface area contributed by atoms with Crippen molar-refractivity contribution < 1.29 is 4.79 Å². The highest BCUT2D eigenvalue weighted by molar-refractivity contribution is 5.98. The lowest BCUT2D eigenvalue weighted by Gasteiger charge is -2.32. The predicted octanol–water partition coefficient (Wildman–Crippen LogP) is 2.85. The molecular formula is C23H24N8O. The van der Waals surface area contributed by atoms with Gasteiger partial charge in [-0.25, -0.2) is 9.97 Å². The highest BCUT2D eigenvalue weighted by atomic mass is 16.2. The van der Waals surface area contributed by atoms with E-state index >= 15 is 0 Å². The van der Waals surface area contributed by atoms with Crippen LogP contribution in [-0.2, 0) is 11.3 Å². The zero-order chi connectivity index (χ0) is 21.9. The second-order valence-electron chi connectivity index (χ2n) is 7.90. The van der Waals surface area contributed by atoms with Crippen molar-refractivity contribution in [1.82, 2.24) is 34.8 Å². The van der Waals surface area contributed by atoms with Crippen LogP contribution in [0.1, 0.15) is 18.4 Å². The van der Waals surface area contributed by atoms with E-state index in [9.17, 15) is 4.79 Å². The van der Waals surface area contributed by atoms with Crippen molar-refractivity contribution in [1.29, 1.82) is 0 Å². The number of aromatic amines is 1. The van der Waals surface area contributed by atoms with Crippen LogP contribution in [0.25, 0.3) is 22.3 Å². The van der Waals surface area contributed by atoms with Crippen LogP contribution < -0.4 is 5.32 Å². The third-order valence-electron chi connectivity index (χ3n) is 5.71. The van der Waals surface area contributed by atoms with Gasteiger partial charge in [-0.1, -0.05) is 36.9 Å². The quantitative estimate of drug-likeness (QED) is 0.458. The molecule has 1 unspecified atom stereocenters. The number of hydrogen-bond donors (Lipinski definition) is 2. The van der Waals surface area contributed by atoms with Crippen LogP contribution in [0, 0.1) is 0 Å². The molecule has 4 heterocycles. The Morgan fingerprint density at radius 2 is 2.16 bits per heavy atom. The summed E-state index contributed by atoms with van der Waals surface area (Å²) in [7, 11) is 0. The topological polar surface area (TPSA) is 105 Å². The molecule has 1 aliphatic heterocycles. The molecule has 9 nitrogen and oxygen atoms in total. The summed E-state index contributed by atoms with van der Waals surface area (Å²) in [6, 6.07) is 10.3. The summed E-state index contributed by atoms with van der Waals surface area (Å²) in [6.07, 6.45) is 8.56. The van der Waals surface area contributed by atoms with Crippen LogP contribution in [0.15, 0.2) is 61.7 Å². The van der Waals surface area contributed by atoms with Crippen molar-refractivity contribution in [2.24, 2.45) is 0 Å². The van der Waals surface area contributed by atoms with Crippen molar-refractivity contribution in [3.05, 3.63) is 67.3 Å². The third kappa shape index (κ3) is 3.96. The number of piperidine rings is 1. The van der Waals surface area contributed by atoms with Crippen molar-refractivity contribution in [3.8, 4) is 11.3 Å². The number of nitrogens with one attached hydrogen (secondary N) is 2. The number of H-pyrrole nitrogens is 1. The molecule has 1 aromatic carbocycles. The van der Waals surface area contributed by atoms with Crippen molar-refractivity contribution in [2.75, 3.05) is 18.4 Å². The van der Waals surface area contributed by atoms with E-state index in [2.05, 4.69) is 49.3 Å². The smallest absolute Gasteiger partial charge is 0.246 e. The van der Waals surface area contributed by atoms with E-state index in [4.69, 9.17) is 0 Å². The first kappa shape index (κ1) is 19.9. The Morgan fingerprint density at radius 1 is 1.28 bits per heavy atom. The number of nitrogens with zero attached hydrogens (tertiary/aromatic N) is 6. The summed E-state index contributed by atoms with van der Waals surface area (Å²) < 4.78 is 1.90. The lowest BCUT2D eigenvalue weighted by atomic mass is 10.1. The van der Waals surface area contributed by atoms with Crippen LogP contribution in [-0.4, -0.2) is 59.9 Å². The molecule has 5 rings (SSSR count). The molecule has 9 heteroatoms. The van der Waals surface area contributed by atoms with Gasteiger partial charge >= 0.3 is 0 Å². The number of benzene rings is 1. The molecule has 0 saturated carbocycles. The van der Waals surface area contributed by atoms with Crippen molar-refractivity contribution in [3.63, 3.8) is 0 Å². The molecule has 0 bridgehead atoms. The van der Waals surface area contributed by atoms with E-state index in [-0.39, 0.29) is 11.9 Å². The molecule has 1 atom stereocenters. The van der Waals surface area contributed by atoms with E-state index in [1.807, 2.05) is 40.2 Å². The molecule has 0 spiro atoms. The van der Waals surface area contributed by atoms with Gasteiger partial charge in [0, 0.05) is 30.9 Å². The largest absolute Gasteiger partial charge is 0.365 e. The Bertz CT molecular complexity index is 1250. The molecule has 162 valence electrons. The number of anilines is 1. The second-order valence-corrected chi connectivity index (χ2v) is 7.90. The molecular weight excluding hydrogens is 404 g/mol. The molecule has 0 radical (unpaired) electrons. The highest BCUT2D eigenvalue weighted by Crippen LogP contribution is 2.30. The number of amides is 1. The predicted molar refractivity (Wildman–Crippen MR) is 122 cm³/mol. The van der Waals surface area contributed by atoms with Gasteiger partial charge in [-0.3, -0.25) is 14.6 Å². The van der Waals surface area contributed by atoms with E-state index in [1.54, 1.807) is 0 Å². The van der Waals surface area contributed by atoms with Gasteiger partial charge in [0.15, 0.2) is 5.65 Å². The number of rotatable bonds is 6. The van der Waals surface area contributed by atoms with Gasteiger partial charge in [0.2, 0.25) is 5.91 Å². The summed E-state index contributed by atoms with van der Waals surface area (Å²) in [5, 5.41) is 16.3. The Morgan fingerprint density at radius 3 is 3.00 bits per heavy atom. The standard InChI is InChI=1S/C23H24N8O/c1-2-19(32)30-10-6-9-18(14-30)27-22-20-21(28-29-23(20)25-15-24-22)17-11-26-31(13-17)12-16-7-4-3-5-8-16/h2-5,7-8,11,13,15,18H,1,6,9-10,12,14H2,(H2,24,25,27,28,29). The molecule has 1 fully saturated rings. The lowest BCUT2D eigenvalue weighted by Crippen LogP contribution is -2.44. The number of fused-ring (bicyclic) bond motifs is 1. The van der Waals surface area contributed by atoms with Gasteiger partial charge in [0.1, 0.15) is 12.1 Å². The van der Waals surface area contributed by atoms with E-state index in [0.29, 0.717) is 24.6 Å². The number of aromatic nitrogens is 6. The summed E-state index contributed by atoms with van der Waals surface area (Å²) in [5.74, 6) is 0.659. The van der Waals surface area contributed by atoms with Crippen LogP contribution >= 0.6 is 0 Å². The molecule has 1 saturated heterocycles. The Balaban J connectivity index is 1.41. The average Bonchev–Trinajstić information content (AvgIpc) is 3.47. The zero-order valence-electron chi connectivity index (χ0n) is 17.6. The zero-order valence-corrected chi connectivity index (χ0v) is 17.6. The number of carbonyl (C=O) groups is 1. The van der Waals surface area contributed by atoms with Crippen LogP contribution in [0.5, 0.6) is 0 Å². The van der Waals surface area contributed by atoms with Gasteiger partial charge in [-0.2, -0.15) is 10.2 Å². The van der Waals surface area contributed by atoms with Gasteiger partial charge in [0.05, 0.1) is 23.8 Å². The SMILES string of the molecule is C=CC(=O)N1CCCC(Nc2ncnc3n[nH]c(-c4cnn(Cc5ccccc5)c4)c23)C1. The average molecular weight is 429 g/mol. The Labute approximate surface area is 185 Å². The summed E-state index contributed by atoms with van der Waals surface area (Å²) in [4.78, 5) is 22.7. The minimum absolute atomic E-state index is 0.0424. The van der Waals surface area contributed by atoms with Crippen molar-refractivity contribution >= 4 is 22.8 Å². The highest BCUT2D eigenvalue weighted by Gasteiger charge is 2.24. The fraction of sp³-hybridized carbons (Fsp3) is 0.261. The third-order valence-corrected chi connectivity index (χ3v) is 5.71. The molecule has 1 amide bonds. The fourth-order valence-electron chi connectivity index (χ4n) is 4.14. The van der Waals surface area contributed by atoms with Gasteiger partial charge in [-0.15, -0.1) is 0 Å². The maximum absolute atomic E-state index is 12.0. The maximum Gasteiger partial charge on any atom is 0.246 e. The normalized spacial score (nSPS) is 16.2. The van der Waals surface area contributed by atoms with Gasteiger partial charge < -0.3 is 10.2 Å². The number of carbonyl (C=O) groups excluding carboxylic acids is 1. The minimum atomic E-state index is -0.0424. The first-order valence-electron chi connectivity index (χ1n) is 10.6. The summed E-state index contributed by atoms with van der Waals surface area (Å²) in [6.45, 7) is 5.64. The van der Waals surface area contributed by atoms with Gasteiger partial charge in [0.25, 0.3) is 0 Å². The van der Waals surface area contributed by atoms with E-state index < -0.39 is 0 Å². The first-order valence-corrected chi connectivity index (χ1v) is 10.6. The molecule has 3 aromatic heterocycles. The number of likely N-dealkylation sites (tertiary alicyclic amines) is 1. The van der Waals surface area contributed by atoms with Crippen LogP contribution in [0.3, 0.4) is 0 Å². The number of hydrogen-bond acceptors (Lipinski definition) is 6. The fourth-order valence-corrected chi connectivity index (χ4v) is 4.14. The second kappa shape index (κ2) is 8.62. The minimum Gasteiger partial charge on any atom is -0.365 e. The van der Waals surface area contributed by atoms with Crippen LogP contribution in [0.2, 0.25) is 0 Å². The molecule has 4 aromatic rings. The van der Waals surface area contributed by atoms with Crippen LogP contribution in [0.4, 0.5) is 5.82 Å². The first-order chi connectivity index (χ1) is 15.7. The summed E-state index contributed by atoms with van der Waals surface area (Å²) in [5.41, 5.74) is 3.49. The van der Waals surface area contributed by atoms with E-state index in [1.165, 1.54) is 18.0 Å². The Kier molecular flexibility index (Phi) is 5.37. The maximum atomic E-state index is 12.0. The lowest BCUT2D eigenvalue weighted by molar-refractivity contribution is -0.127. The molecule has 32 heavy (non-hydrogen) atoms. The Hall–Kier alpha value is -4.01. The van der Waals surface area contributed by atoms with Crippen molar-refractivity contribution in [2.45, 2.75) is 25.4 Å². The summed E-state index contributed by atoms with van der Waals surface area (Å²) >= 11 is 0. The van der Waals surface area contributed by atoms with E-state index in [0.717, 1.165) is 36.0 Å².